The van der Waals surface area contributed by atoms with Crippen molar-refractivity contribution >= 4 is 0 Å². The first kappa shape index (κ1) is 9.28. The molecule has 0 amide bonds. The van der Waals surface area contributed by atoms with Crippen LogP contribution >= 0.6 is 0 Å². The van der Waals surface area contributed by atoms with Gasteiger partial charge in [-0.05, 0) is 18.1 Å². The second-order valence-electron chi connectivity index (χ2n) is 3.60. The molecule has 1 aromatic rings. The largest absolute Gasteiger partial charge is 0.494 e. The second-order valence-corrected chi connectivity index (χ2v) is 3.60. The van der Waals surface area contributed by atoms with Gasteiger partial charge in [0, 0.05) is 6.42 Å². The van der Waals surface area contributed by atoms with E-state index in [1.165, 1.54) is 5.56 Å². The molecule has 0 saturated carbocycles. The third-order valence-electron chi connectivity index (χ3n) is 2.56. The fourth-order valence-corrected chi connectivity index (χ4v) is 1.58. The summed E-state index contributed by atoms with van der Waals surface area (Å²) in [6.07, 6.45) is 0.373. The number of aliphatic hydroxyl groups excluding tert-OH is 1. The molecule has 1 N–H and O–H groups in total. The van der Waals surface area contributed by atoms with Crippen LogP contribution in [0.3, 0.4) is 0 Å². The minimum atomic E-state index is -0.409. The summed E-state index contributed by atoms with van der Waals surface area (Å²) >= 11 is 0. The first-order chi connectivity index (χ1) is 6.77. The molecule has 1 heterocycles. The lowest BCUT2D eigenvalue weighted by atomic mass is 10.1. The molecule has 2 heteroatoms. The van der Waals surface area contributed by atoms with Gasteiger partial charge in [0.25, 0.3) is 0 Å². The normalized spacial score (nSPS) is 21.1. The van der Waals surface area contributed by atoms with Crippen molar-refractivity contribution in [3.8, 4) is 0 Å². The molecular weight excluding hydrogens is 176 g/mol. The van der Waals surface area contributed by atoms with Crippen LogP contribution in [0.5, 0.6) is 0 Å². The summed E-state index contributed by atoms with van der Waals surface area (Å²) in [5, 5.41) is 9.46. The first-order valence-electron chi connectivity index (χ1n) is 4.82. The summed E-state index contributed by atoms with van der Waals surface area (Å²) in [6, 6.07) is 10.1. The maximum atomic E-state index is 9.46. The average molecular weight is 190 g/mol. The zero-order valence-electron chi connectivity index (χ0n) is 8.23. The number of benzene rings is 1. The molecule has 0 aromatic heterocycles. The predicted molar refractivity (Wildman–Crippen MR) is 54.8 cm³/mol. The highest BCUT2D eigenvalue weighted by molar-refractivity contribution is 5.25. The van der Waals surface area contributed by atoms with E-state index in [2.05, 4.69) is 12.1 Å². The quantitative estimate of drug-likeness (QED) is 0.771. The highest BCUT2D eigenvalue weighted by atomic mass is 16.5. The van der Waals surface area contributed by atoms with E-state index in [9.17, 15) is 5.11 Å². The van der Waals surface area contributed by atoms with Crippen LogP contribution in [0.25, 0.3) is 0 Å². The van der Waals surface area contributed by atoms with Gasteiger partial charge >= 0.3 is 0 Å². The molecule has 74 valence electrons. The molecule has 1 aliphatic heterocycles. The van der Waals surface area contributed by atoms with Gasteiger partial charge in [-0.25, -0.2) is 0 Å². The van der Waals surface area contributed by atoms with Crippen LogP contribution in [0, 0.1) is 0 Å². The van der Waals surface area contributed by atoms with Crippen molar-refractivity contribution in [1.82, 2.24) is 0 Å². The van der Waals surface area contributed by atoms with Crippen LogP contribution in [-0.2, 0) is 11.2 Å². The van der Waals surface area contributed by atoms with Crippen LogP contribution in [0.15, 0.2) is 41.7 Å². The maximum Gasteiger partial charge on any atom is 0.118 e. The van der Waals surface area contributed by atoms with Gasteiger partial charge in [0.15, 0.2) is 0 Å². The van der Waals surface area contributed by atoms with Crippen molar-refractivity contribution in [1.29, 1.82) is 0 Å². The third kappa shape index (κ3) is 1.80. The predicted octanol–water partition coefficient (Wildman–Crippen LogP) is 1.89. The molecular formula is C12H14O2. The summed E-state index contributed by atoms with van der Waals surface area (Å²) in [4.78, 5) is 0. The summed E-state index contributed by atoms with van der Waals surface area (Å²) < 4.78 is 5.41. The lowest BCUT2D eigenvalue weighted by Gasteiger charge is -2.03. The fraction of sp³-hybridized carbons (Fsp3) is 0.333. The second kappa shape index (κ2) is 3.84. The van der Waals surface area contributed by atoms with E-state index in [-0.39, 0.29) is 0 Å². The summed E-state index contributed by atoms with van der Waals surface area (Å²) in [5.41, 5.74) is 2.19. The third-order valence-corrected chi connectivity index (χ3v) is 2.56. The molecule has 2 rings (SSSR count). The maximum absolute atomic E-state index is 9.46. The van der Waals surface area contributed by atoms with E-state index in [1.807, 2.05) is 25.1 Å². The van der Waals surface area contributed by atoms with Crippen molar-refractivity contribution in [2.75, 3.05) is 6.61 Å². The van der Waals surface area contributed by atoms with E-state index in [0.29, 0.717) is 6.61 Å². The lowest BCUT2D eigenvalue weighted by molar-refractivity contribution is 0.131. The van der Waals surface area contributed by atoms with E-state index >= 15 is 0 Å². The Kier molecular flexibility index (Phi) is 2.55. The zero-order chi connectivity index (χ0) is 9.97. The van der Waals surface area contributed by atoms with Crippen LogP contribution in [0.4, 0.5) is 0 Å². The highest BCUT2D eigenvalue weighted by Crippen LogP contribution is 2.22. The molecule has 1 aliphatic rings. The Labute approximate surface area is 83.8 Å². The van der Waals surface area contributed by atoms with Crippen molar-refractivity contribution in [3.05, 3.63) is 47.2 Å². The molecule has 0 bridgehead atoms. The molecule has 0 aliphatic carbocycles. The summed E-state index contributed by atoms with van der Waals surface area (Å²) in [7, 11) is 0. The fourth-order valence-electron chi connectivity index (χ4n) is 1.58. The smallest absolute Gasteiger partial charge is 0.118 e. The first-order valence-corrected chi connectivity index (χ1v) is 4.82. The Balaban J connectivity index is 2.13. The molecule has 0 radical (unpaired) electrons. The van der Waals surface area contributed by atoms with Gasteiger partial charge < -0.3 is 9.84 Å². The summed E-state index contributed by atoms with van der Waals surface area (Å²) in [5.74, 6) is 0.920. The molecule has 0 saturated heterocycles. The van der Waals surface area contributed by atoms with E-state index in [0.717, 1.165) is 17.8 Å². The lowest BCUT2D eigenvalue weighted by Crippen LogP contribution is -2.07. The minimum absolute atomic E-state index is 0.409. The molecule has 1 atom stereocenters. The number of hydrogen-bond donors (Lipinski definition) is 1. The molecule has 1 aromatic carbocycles. The number of hydrogen-bond acceptors (Lipinski definition) is 2. The van der Waals surface area contributed by atoms with Crippen molar-refractivity contribution < 1.29 is 9.84 Å². The average Bonchev–Trinajstić information content (AvgIpc) is 2.52. The van der Waals surface area contributed by atoms with Gasteiger partial charge in [0.05, 0.1) is 0 Å². The van der Waals surface area contributed by atoms with Crippen LogP contribution in [0.2, 0.25) is 0 Å². The number of ether oxygens (including phenoxy) is 1. The SMILES string of the molecule is CC1=C(Cc2ccccc2)OCC1O. The zero-order valence-corrected chi connectivity index (χ0v) is 8.23. The van der Waals surface area contributed by atoms with Gasteiger partial charge in [0.2, 0.25) is 0 Å². The molecule has 1 unspecified atom stereocenters. The Hall–Kier alpha value is -1.28. The summed E-state index contributed by atoms with van der Waals surface area (Å²) in [6.45, 7) is 2.34. The molecule has 14 heavy (non-hydrogen) atoms. The van der Waals surface area contributed by atoms with Crippen molar-refractivity contribution in [2.45, 2.75) is 19.4 Å². The number of allylic oxidation sites excluding steroid dienone is 1. The van der Waals surface area contributed by atoms with Crippen LogP contribution in [0.1, 0.15) is 12.5 Å². The molecule has 0 spiro atoms. The van der Waals surface area contributed by atoms with Gasteiger partial charge in [-0.15, -0.1) is 0 Å². The van der Waals surface area contributed by atoms with Crippen LogP contribution in [-0.4, -0.2) is 17.8 Å². The van der Waals surface area contributed by atoms with Crippen molar-refractivity contribution in [3.63, 3.8) is 0 Å². The van der Waals surface area contributed by atoms with E-state index in [1.54, 1.807) is 0 Å². The van der Waals surface area contributed by atoms with E-state index in [4.69, 9.17) is 4.74 Å². The standard InChI is InChI=1S/C12H14O2/c1-9-11(13)8-14-12(9)7-10-5-3-2-4-6-10/h2-6,11,13H,7-8H2,1H3. The van der Waals surface area contributed by atoms with Crippen molar-refractivity contribution in [2.24, 2.45) is 0 Å². The molecule has 0 fully saturated rings. The Bertz CT molecular complexity index is 341. The van der Waals surface area contributed by atoms with Gasteiger partial charge in [-0.1, -0.05) is 30.3 Å². The van der Waals surface area contributed by atoms with E-state index < -0.39 is 6.10 Å². The Morgan fingerprint density at radius 3 is 2.64 bits per heavy atom. The Morgan fingerprint density at radius 2 is 2.07 bits per heavy atom. The number of aliphatic hydroxyl groups is 1. The minimum Gasteiger partial charge on any atom is -0.494 e. The van der Waals surface area contributed by atoms with Gasteiger partial charge in [-0.2, -0.15) is 0 Å². The number of rotatable bonds is 2. The van der Waals surface area contributed by atoms with Gasteiger partial charge in [0.1, 0.15) is 18.5 Å². The van der Waals surface area contributed by atoms with Crippen LogP contribution < -0.4 is 0 Å². The Morgan fingerprint density at radius 1 is 1.36 bits per heavy atom. The molecule has 2 nitrogen and oxygen atoms in total. The topological polar surface area (TPSA) is 29.5 Å². The highest BCUT2D eigenvalue weighted by Gasteiger charge is 2.21. The monoisotopic (exact) mass is 190 g/mol. The van der Waals surface area contributed by atoms with Gasteiger partial charge in [-0.3, -0.25) is 0 Å².